The quantitative estimate of drug-likeness (QED) is 0.363. The molecule has 0 radical (unpaired) electrons. The number of hydrogen-bond acceptors (Lipinski definition) is 1. The van der Waals surface area contributed by atoms with Gasteiger partial charge < -0.3 is 4.74 Å². The molecule has 30 heavy (non-hydrogen) atoms. The molecule has 3 heteroatoms. The minimum Gasteiger partial charge on any atom is -0.485 e. The highest BCUT2D eigenvalue weighted by atomic mass is 19.1. The van der Waals surface area contributed by atoms with Gasteiger partial charge in [-0.1, -0.05) is 46.0 Å². The molecule has 1 atom stereocenters. The number of benzene rings is 1. The molecule has 0 spiro atoms. The highest BCUT2D eigenvalue weighted by molar-refractivity contribution is 5.33. The molecule has 0 bridgehead atoms. The van der Waals surface area contributed by atoms with Crippen molar-refractivity contribution in [2.45, 2.75) is 116 Å². The lowest BCUT2D eigenvalue weighted by molar-refractivity contribution is 0.164. The first-order chi connectivity index (χ1) is 14.5. The maximum absolute atomic E-state index is 14.7. The number of ether oxygens (including phenoxy) is 1. The Morgan fingerprint density at radius 3 is 2.00 bits per heavy atom. The summed E-state index contributed by atoms with van der Waals surface area (Å²) in [4.78, 5) is 0. The molecular weight excluding hydrogens is 378 g/mol. The number of halogens is 2. The molecule has 0 saturated heterocycles. The van der Waals surface area contributed by atoms with Gasteiger partial charge in [0.15, 0.2) is 17.4 Å². The van der Waals surface area contributed by atoms with Crippen molar-refractivity contribution in [3.8, 4) is 5.75 Å². The predicted molar refractivity (Wildman–Crippen MR) is 121 cm³/mol. The van der Waals surface area contributed by atoms with E-state index >= 15 is 0 Å². The minimum atomic E-state index is -0.534. The molecule has 1 nitrogen and oxygen atoms in total. The smallest absolute Gasteiger partial charge is 0.191 e. The van der Waals surface area contributed by atoms with E-state index in [1.807, 2.05) is 6.92 Å². The Morgan fingerprint density at radius 1 is 0.867 bits per heavy atom. The standard InChI is InChI=1S/C27H42F2O/c1-4-5-6-7-8-20(3)30-27-25(28)17-24(18-26(27)29)23-15-13-22(14-16-23)21-11-9-19(2)10-12-21/h17-23H,4-16H2,1-3H3/t19?,20-,21?,22?,23?/m0/s1. The van der Waals surface area contributed by atoms with E-state index in [1.165, 1.54) is 63.5 Å². The summed E-state index contributed by atoms with van der Waals surface area (Å²) in [5.74, 6) is 1.62. The molecule has 1 aromatic rings. The van der Waals surface area contributed by atoms with Crippen LogP contribution in [-0.4, -0.2) is 6.10 Å². The Labute approximate surface area is 183 Å². The van der Waals surface area contributed by atoms with Gasteiger partial charge in [-0.15, -0.1) is 0 Å². The van der Waals surface area contributed by atoms with Crippen molar-refractivity contribution in [3.05, 3.63) is 29.3 Å². The average Bonchev–Trinajstić information content (AvgIpc) is 2.74. The minimum absolute atomic E-state index is 0.162. The van der Waals surface area contributed by atoms with Crippen LogP contribution in [0.4, 0.5) is 8.78 Å². The van der Waals surface area contributed by atoms with Crippen LogP contribution >= 0.6 is 0 Å². The predicted octanol–water partition coefficient (Wildman–Crippen LogP) is 8.80. The van der Waals surface area contributed by atoms with Crippen LogP contribution in [0.3, 0.4) is 0 Å². The lowest BCUT2D eigenvalue weighted by Crippen LogP contribution is -2.25. The third-order valence-corrected chi connectivity index (χ3v) is 7.77. The molecule has 3 rings (SSSR count). The van der Waals surface area contributed by atoms with Gasteiger partial charge in [-0.25, -0.2) is 8.78 Å². The number of unbranched alkanes of at least 4 members (excludes halogenated alkanes) is 3. The summed E-state index contributed by atoms with van der Waals surface area (Å²) < 4.78 is 35.1. The zero-order valence-electron chi connectivity index (χ0n) is 19.4. The van der Waals surface area contributed by atoms with Crippen molar-refractivity contribution in [3.63, 3.8) is 0 Å². The maximum atomic E-state index is 14.7. The van der Waals surface area contributed by atoms with Gasteiger partial charge in [-0.3, -0.25) is 0 Å². The molecular formula is C27H42F2O. The Hall–Kier alpha value is -1.12. The van der Waals surface area contributed by atoms with Gasteiger partial charge in [-0.05, 0) is 99.7 Å². The normalized spacial score (nSPS) is 28.3. The lowest BCUT2D eigenvalue weighted by atomic mass is 9.68. The zero-order valence-corrected chi connectivity index (χ0v) is 19.4. The van der Waals surface area contributed by atoms with Crippen LogP contribution in [0.5, 0.6) is 5.75 Å². The molecule has 0 aromatic heterocycles. The van der Waals surface area contributed by atoms with Crippen LogP contribution in [0.1, 0.15) is 116 Å². The average molecular weight is 421 g/mol. The highest BCUT2D eigenvalue weighted by Crippen LogP contribution is 2.44. The van der Waals surface area contributed by atoms with Crippen LogP contribution in [-0.2, 0) is 0 Å². The van der Waals surface area contributed by atoms with Crippen LogP contribution in [0.2, 0.25) is 0 Å². The highest BCUT2D eigenvalue weighted by Gasteiger charge is 2.31. The molecule has 2 aliphatic carbocycles. The second-order valence-electron chi connectivity index (χ2n) is 10.2. The third-order valence-electron chi connectivity index (χ3n) is 7.77. The molecule has 0 aliphatic heterocycles. The van der Waals surface area contributed by atoms with Crippen molar-refractivity contribution in [1.29, 1.82) is 0 Å². The van der Waals surface area contributed by atoms with Gasteiger partial charge in [0.05, 0.1) is 6.10 Å². The van der Waals surface area contributed by atoms with E-state index in [4.69, 9.17) is 4.74 Å². The molecule has 0 N–H and O–H groups in total. The summed E-state index contributed by atoms with van der Waals surface area (Å²) >= 11 is 0. The SMILES string of the molecule is CCCCCC[C@H](C)Oc1c(F)cc(C2CCC(C3CCC(C)CC3)CC2)cc1F. The molecule has 2 fully saturated rings. The van der Waals surface area contributed by atoms with Crippen molar-refractivity contribution in [1.82, 2.24) is 0 Å². The summed E-state index contributed by atoms with van der Waals surface area (Å²) in [6.45, 7) is 6.46. The fraction of sp³-hybridized carbons (Fsp3) is 0.778. The van der Waals surface area contributed by atoms with Crippen LogP contribution in [0.15, 0.2) is 12.1 Å². The molecule has 2 saturated carbocycles. The topological polar surface area (TPSA) is 9.23 Å². The first-order valence-electron chi connectivity index (χ1n) is 12.6. The number of rotatable bonds is 9. The van der Waals surface area contributed by atoms with Crippen molar-refractivity contribution in [2.24, 2.45) is 17.8 Å². The summed E-state index contributed by atoms with van der Waals surface area (Å²) in [6.07, 6.45) is 15.3. The van der Waals surface area contributed by atoms with E-state index < -0.39 is 11.6 Å². The fourth-order valence-electron chi connectivity index (χ4n) is 5.73. The summed E-state index contributed by atoms with van der Waals surface area (Å²) in [6, 6.07) is 3.07. The third kappa shape index (κ3) is 6.44. The monoisotopic (exact) mass is 420 g/mol. The Kier molecular flexibility index (Phi) is 9.01. The molecule has 0 unspecified atom stereocenters. The van der Waals surface area contributed by atoms with Crippen molar-refractivity contribution >= 4 is 0 Å². The Bertz CT molecular complexity index is 619. The Balaban J connectivity index is 1.52. The van der Waals surface area contributed by atoms with Gasteiger partial charge in [0.25, 0.3) is 0 Å². The van der Waals surface area contributed by atoms with E-state index in [9.17, 15) is 8.78 Å². The van der Waals surface area contributed by atoms with Crippen molar-refractivity contribution < 1.29 is 13.5 Å². The van der Waals surface area contributed by atoms with Gasteiger partial charge in [-0.2, -0.15) is 0 Å². The van der Waals surface area contributed by atoms with Crippen LogP contribution in [0.25, 0.3) is 0 Å². The Morgan fingerprint density at radius 2 is 1.43 bits per heavy atom. The van der Waals surface area contributed by atoms with Crippen molar-refractivity contribution in [2.75, 3.05) is 0 Å². The van der Waals surface area contributed by atoms with Gasteiger partial charge >= 0.3 is 0 Å². The van der Waals surface area contributed by atoms with E-state index in [2.05, 4.69) is 13.8 Å². The van der Waals surface area contributed by atoms with Gasteiger partial charge in [0.1, 0.15) is 0 Å². The summed E-state index contributed by atoms with van der Waals surface area (Å²) in [7, 11) is 0. The molecule has 0 amide bonds. The van der Waals surface area contributed by atoms with Gasteiger partial charge in [0.2, 0.25) is 0 Å². The summed E-state index contributed by atoms with van der Waals surface area (Å²) in [5, 5.41) is 0. The molecule has 0 heterocycles. The van der Waals surface area contributed by atoms with E-state index in [0.717, 1.165) is 55.4 Å². The molecule has 2 aliphatic rings. The largest absolute Gasteiger partial charge is 0.485 e. The first-order valence-corrected chi connectivity index (χ1v) is 12.6. The van der Waals surface area contributed by atoms with Gasteiger partial charge in [0, 0.05) is 0 Å². The second kappa shape index (κ2) is 11.5. The van der Waals surface area contributed by atoms with E-state index in [1.54, 1.807) is 0 Å². The fourth-order valence-corrected chi connectivity index (χ4v) is 5.73. The number of hydrogen-bond donors (Lipinski definition) is 0. The second-order valence-corrected chi connectivity index (χ2v) is 10.2. The lowest BCUT2D eigenvalue weighted by Gasteiger charge is -2.37. The summed E-state index contributed by atoms with van der Waals surface area (Å²) in [5.41, 5.74) is 0.823. The first kappa shape index (κ1) is 23.5. The van der Waals surface area contributed by atoms with E-state index in [0.29, 0.717) is 0 Å². The maximum Gasteiger partial charge on any atom is 0.191 e. The zero-order chi connectivity index (χ0) is 21.5. The molecule has 170 valence electrons. The van der Waals surface area contributed by atoms with E-state index in [-0.39, 0.29) is 17.8 Å². The van der Waals surface area contributed by atoms with Crippen LogP contribution in [0, 0.1) is 29.4 Å². The van der Waals surface area contributed by atoms with Crippen LogP contribution < -0.4 is 4.74 Å². The molecule has 1 aromatic carbocycles.